The summed E-state index contributed by atoms with van der Waals surface area (Å²) in [5.41, 5.74) is 0.498. The van der Waals surface area contributed by atoms with Crippen LogP contribution in [-0.4, -0.2) is 75.0 Å². The first-order valence-corrected chi connectivity index (χ1v) is 8.70. The van der Waals surface area contributed by atoms with Crippen LogP contribution < -0.4 is 4.90 Å². The molecule has 1 saturated heterocycles. The van der Waals surface area contributed by atoms with Crippen molar-refractivity contribution in [3.8, 4) is 0 Å². The van der Waals surface area contributed by atoms with Crippen molar-refractivity contribution in [2.24, 2.45) is 0 Å². The molecule has 156 valence electrons. The number of halogens is 3. The van der Waals surface area contributed by atoms with E-state index >= 15 is 0 Å². The lowest BCUT2D eigenvalue weighted by atomic mass is 10.1. The lowest BCUT2D eigenvalue weighted by Gasteiger charge is -2.36. The van der Waals surface area contributed by atoms with Crippen molar-refractivity contribution in [2.45, 2.75) is 12.6 Å². The molecule has 1 aliphatic rings. The Morgan fingerprint density at radius 2 is 1.93 bits per heavy atom. The quantitative estimate of drug-likeness (QED) is 0.284. The number of methoxy groups -OCH3 is 1. The molecule has 1 heterocycles. The van der Waals surface area contributed by atoms with Crippen LogP contribution >= 0.6 is 0 Å². The van der Waals surface area contributed by atoms with E-state index in [4.69, 9.17) is 4.74 Å². The van der Waals surface area contributed by atoms with Gasteiger partial charge >= 0.3 is 12.1 Å². The highest BCUT2D eigenvalue weighted by atomic mass is 19.4. The molecule has 1 aromatic rings. The van der Waals surface area contributed by atoms with Gasteiger partial charge < -0.3 is 14.4 Å². The number of piperazine rings is 1. The SMILES string of the molecule is COC(=O)c1cc([N+](=O)[O-])ccc1N1CCN(CCCOCC(F)(F)F)CC1. The van der Waals surface area contributed by atoms with Crippen LogP contribution in [0.5, 0.6) is 0 Å². The average molecular weight is 405 g/mol. The largest absolute Gasteiger partial charge is 0.465 e. The Labute approximate surface area is 159 Å². The minimum absolute atomic E-state index is 0.0363. The molecule has 0 N–H and O–H groups in total. The fraction of sp³-hybridized carbons (Fsp3) is 0.588. The molecule has 0 atom stereocenters. The molecule has 0 bridgehead atoms. The number of carbonyl (C=O) groups excluding carboxylic acids is 1. The summed E-state index contributed by atoms with van der Waals surface area (Å²) < 4.78 is 45.4. The maximum Gasteiger partial charge on any atom is 0.411 e. The van der Waals surface area contributed by atoms with Crippen molar-refractivity contribution in [1.29, 1.82) is 0 Å². The molecule has 0 aliphatic carbocycles. The van der Waals surface area contributed by atoms with Gasteiger partial charge in [-0.25, -0.2) is 4.79 Å². The molecule has 8 nitrogen and oxygen atoms in total. The Morgan fingerprint density at radius 3 is 2.50 bits per heavy atom. The second-order valence-electron chi connectivity index (χ2n) is 6.30. The third-order valence-electron chi connectivity index (χ3n) is 4.34. The van der Waals surface area contributed by atoms with Crippen LogP contribution in [0.25, 0.3) is 0 Å². The Morgan fingerprint density at radius 1 is 1.25 bits per heavy atom. The van der Waals surface area contributed by atoms with E-state index in [1.807, 2.05) is 4.90 Å². The van der Waals surface area contributed by atoms with E-state index in [1.165, 1.54) is 25.3 Å². The molecular weight excluding hydrogens is 383 g/mol. The maximum absolute atomic E-state index is 12.0. The summed E-state index contributed by atoms with van der Waals surface area (Å²) in [7, 11) is 1.21. The lowest BCUT2D eigenvalue weighted by molar-refractivity contribution is -0.384. The first-order valence-electron chi connectivity index (χ1n) is 8.70. The predicted octanol–water partition coefficient (Wildman–Crippen LogP) is 2.47. The monoisotopic (exact) mass is 405 g/mol. The van der Waals surface area contributed by atoms with E-state index in [2.05, 4.69) is 9.64 Å². The number of nitro groups is 1. The van der Waals surface area contributed by atoms with Gasteiger partial charge in [-0.05, 0) is 12.5 Å². The van der Waals surface area contributed by atoms with Gasteiger partial charge in [0.2, 0.25) is 0 Å². The van der Waals surface area contributed by atoms with E-state index in [-0.39, 0.29) is 17.9 Å². The molecule has 2 rings (SSSR count). The summed E-state index contributed by atoms with van der Waals surface area (Å²) in [6.07, 6.45) is -3.82. The van der Waals surface area contributed by atoms with Gasteiger partial charge in [0, 0.05) is 51.5 Å². The highest BCUT2D eigenvalue weighted by Gasteiger charge is 2.27. The van der Waals surface area contributed by atoms with Crippen LogP contribution in [0.1, 0.15) is 16.8 Å². The van der Waals surface area contributed by atoms with Crippen LogP contribution in [0, 0.1) is 10.1 Å². The first-order chi connectivity index (χ1) is 13.2. The topological polar surface area (TPSA) is 85.1 Å². The van der Waals surface area contributed by atoms with Crippen molar-refractivity contribution >= 4 is 17.3 Å². The van der Waals surface area contributed by atoms with Gasteiger partial charge in [-0.2, -0.15) is 13.2 Å². The smallest absolute Gasteiger partial charge is 0.411 e. The molecular formula is C17H22F3N3O5. The zero-order valence-electron chi connectivity index (χ0n) is 15.4. The Kier molecular flexibility index (Phi) is 7.58. The Hall–Kier alpha value is -2.40. The first kappa shape index (κ1) is 21.9. The van der Waals surface area contributed by atoms with E-state index in [0.29, 0.717) is 44.8 Å². The predicted molar refractivity (Wildman–Crippen MR) is 94.6 cm³/mol. The number of esters is 1. The number of anilines is 1. The van der Waals surface area contributed by atoms with Gasteiger partial charge in [-0.15, -0.1) is 0 Å². The van der Waals surface area contributed by atoms with Crippen molar-refractivity contribution in [3.05, 3.63) is 33.9 Å². The summed E-state index contributed by atoms with van der Waals surface area (Å²) in [5, 5.41) is 11.0. The third-order valence-corrected chi connectivity index (χ3v) is 4.34. The van der Waals surface area contributed by atoms with Gasteiger partial charge in [0.05, 0.1) is 23.3 Å². The third kappa shape index (κ3) is 6.34. The van der Waals surface area contributed by atoms with Crippen LogP contribution in [-0.2, 0) is 9.47 Å². The zero-order valence-corrected chi connectivity index (χ0v) is 15.4. The van der Waals surface area contributed by atoms with Gasteiger partial charge in [0.15, 0.2) is 0 Å². The molecule has 1 fully saturated rings. The summed E-state index contributed by atoms with van der Waals surface area (Å²) >= 11 is 0. The number of nitrogens with zero attached hydrogens (tertiary/aromatic N) is 3. The highest BCUT2D eigenvalue weighted by molar-refractivity contribution is 5.96. The molecule has 0 aromatic heterocycles. The standard InChI is InChI=1S/C17H22F3N3O5/c1-27-16(24)14-11-13(23(25)26)3-4-15(14)22-8-6-21(7-9-22)5-2-10-28-12-17(18,19)20/h3-4,11H,2,5-10,12H2,1H3. The summed E-state index contributed by atoms with van der Waals surface area (Å²) in [6.45, 7) is 1.85. The molecule has 1 aliphatic heterocycles. The number of hydrogen-bond donors (Lipinski definition) is 0. The molecule has 11 heteroatoms. The van der Waals surface area contributed by atoms with Crippen LogP contribution in [0.2, 0.25) is 0 Å². The lowest BCUT2D eigenvalue weighted by Crippen LogP contribution is -2.47. The Bertz CT molecular complexity index is 691. The van der Waals surface area contributed by atoms with Crippen molar-refractivity contribution in [1.82, 2.24) is 4.90 Å². The number of ether oxygens (including phenoxy) is 2. The number of nitro benzene ring substituents is 1. The van der Waals surface area contributed by atoms with Gasteiger partial charge in [0.1, 0.15) is 6.61 Å². The molecule has 0 unspecified atom stereocenters. The summed E-state index contributed by atoms with van der Waals surface area (Å²) in [4.78, 5) is 26.4. The van der Waals surface area contributed by atoms with Crippen LogP contribution in [0.4, 0.5) is 24.5 Å². The second-order valence-corrected chi connectivity index (χ2v) is 6.30. The van der Waals surface area contributed by atoms with Crippen molar-refractivity contribution < 1.29 is 32.4 Å². The molecule has 0 radical (unpaired) electrons. The summed E-state index contributed by atoms with van der Waals surface area (Å²) in [5.74, 6) is -0.650. The van der Waals surface area contributed by atoms with Gasteiger partial charge in [-0.1, -0.05) is 0 Å². The Balaban J connectivity index is 1.89. The minimum atomic E-state index is -4.31. The normalized spacial score (nSPS) is 15.5. The maximum atomic E-state index is 12.0. The van der Waals surface area contributed by atoms with E-state index < -0.39 is 23.7 Å². The average Bonchev–Trinajstić information content (AvgIpc) is 2.66. The highest BCUT2D eigenvalue weighted by Crippen LogP contribution is 2.27. The fourth-order valence-electron chi connectivity index (χ4n) is 2.98. The minimum Gasteiger partial charge on any atom is -0.465 e. The van der Waals surface area contributed by atoms with Crippen LogP contribution in [0.15, 0.2) is 18.2 Å². The molecule has 28 heavy (non-hydrogen) atoms. The number of benzene rings is 1. The second kappa shape index (κ2) is 9.69. The van der Waals surface area contributed by atoms with E-state index in [9.17, 15) is 28.1 Å². The van der Waals surface area contributed by atoms with Crippen LogP contribution in [0.3, 0.4) is 0 Å². The number of rotatable bonds is 8. The number of carbonyl (C=O) groups is 1. The van der Waals surface area contributed by atoms with E-state index in [0.717, 1.165) is 0 Å². The number of alkyl halides is 3. The van der Waals surface area contributed by atoms with E-state index in [1.54, 1.807) is 0 Å². The zero-order chi connectivity index (χ0) is 20.7. The summed E-state index contributed by atoms with van der Waals surface area (Å²) in [6, 6.07) is 4.07. The molecule has 0 spiro atoms. The molecule has 0 amide bonds. The fourth-order valence-corrected chi connectivity index (χ4v) is 2.98. The van der Waals surface area contributed by atoms with Crippen molar-refractivity contribution in [2.75, 3.05) is 57.9 Å². The number of hydrogen-bond acceptors (Lipinski definition) is 7. The van der Waals surface area contributed by atoms with Gasteiger partial charge in [0.25, 0.3) is 5.69 Å². The molecule has 0 saturated carbocycles. The van der Waals surface area contributed by atoms with Gasteiger partial charge in [-0.3, -0.25) is 15.0 Å². The number of non-ortho nitro benzene ring substituents is 1. The van der Waals surface area contributed by atoms with Crippen molar-refractivity contribution in [3.63, 3.8) is 0 Å². The molecule has 1 aromatic carbocycles.